The Labute approximate surface area is 96.4 Å². The number of ether oxygens (including phenoxy) is 1. The molecule has 0 aromatic rings. The summed E-state index contributed by atoms with van der Waals surface area (Å²) in [5.74, 6) is -0.479. The highest BCUT2D eigenvalue weighted by Crippen LogP contribution is 2.12. The van der Waals surface area contributed by atoms with E-state index in [1.807, 2.05) is 32.1 Å². The molecule has 0 heterocycles. The van der Waals surface area contributed by atoms with Gasteiger partial charge >= 0.3 is 5.97 Å². The first kappa shape index (κ1) is 14.3. The van der Waals surface area contributed by atoms with E-state index in [2.05, 4.69) is 15.0 Å². The predicted molar refractivity (Wildman–Crippen MR) is 64.1 cm³/mol. The zero-order valence-electron chi connectivity index (χ0n) is 10.4. The van der Waals surface area contributed by atoms with Crippen LogP contribution in [-0.4, -0.2) is 20.1 Å². The van der Waals surface area contributed by atoms with Crippen molar-refractivity contribution in [3.63, 3.8) is 0 Å². The van der Waals surface area contributed by atoms with E-state index in [1.54, 1.807) is 6.92 Å². The highest BCUT2D eigenvalue weighted by Gasteiger charge is 2.11. The normalized spacial score (nSPS) is 14.4. The first-order valence-electron chi connectivity index (χ1n) is 4.96. The van der Waals surface area contributed by atoms with Gasteiger partial charge in [0.2, 0.25) is 0 Å². The molecule has 0 aliphatic rings. The minimum absolute atomic E-state index is 0.230. The Morgan fingerprint density at radius 2 is 1.94 bits per heavy atom. The van der Waals surface area contributed by atoms with Gasteiger partial charge in [0.1, 0.15) is 0 Å². The molecule has 0 aliphatic carbocycles. The summed E-state index contributed by atoms with van der Waals surface area (Å²) < 4.78 is 4.63. The van der Waals surface area contributed by atoms with E-state index in [4.69, 9.17) is 0 Å². The quantitative estimate of drug-likeness (QED) is 0.318. The van der Waals surface area contributed by atoms with E-state index in [0.29, 0.717) is 0 Å². The lowest BCUT2D eigenvalue weighted by atomic mass is 10.1. The monoisotopic (exact) mass is 222 g/mol. The van der Waals surface area contributed by atoms with Gasteiger partial charge in [-0.25, -0.2) is 4.79 Å². The number of hydrogen-bond donors (Lipinski definition) is 0. The molecule has 0 aromatic heterocycles. The molecule has 0 bridgehead atoms. The maximum atomic E-state index is 11.4. The molecule has 0 unspecified atom stereocenters. The largest absolute Gasteiger partial charge is 0.464 e. The van der Waals surface area contributed by atoms with Crippen molar-refractivity contribution in [3.05, 3.63) is 35.1 Å². The summed E-state index contributed by atoms with van der Waals surface area (Å²) in [5.41, 5.74) is 2.00. The lowest BCUT2D eigenvalue weighted by molar-refractivity contribution is -0.136. The fraction of sp³-hybridized carbons (Fsp3) is 0.417. The van der Waals surface area contributed by atoms with Crippen molar-refractivity contribution in [2.45, 2.75) is 20.8 Å². The molecule has 0 aromatic carbocycles. The van der Waals surface area contributed by atoms with Crippen LogP contribution < -0.4 is 0 Å². The van der Waals surface area contributed by atoms with Crippen molar-refractivity contribution in [2.75, 3.05) is 14.2 Å². The lowest BCUT2D eigenvalue weighted by Gasteiger charge is -2.01. The number of azo groups is 1. The summed E-state index contributed by atoms with van der Waals surface area (Å²) in [6.07, 6.45) is 5.74. The number of nitrogens with zero attached hydrogens (tertiary/aromatic N) is 2. The second-order valence-electron chi connectivity index (χ2n) is 3.21. The van der Waals surface area contributed by atoms with Crippen LogP contribution >= 0.6 is 0 Å². The highest BCUT2D eigenvalue weighted by atomic mass is 16.5. The fourth-order valence-electron chi connectivity index (χ4n) is 1.20. The first-order chi connectivity index (χ1) is 7.56. The maximum Gasteiger partial charge on any atom is 0.358 e. The molecule has 4 heteroatoms. The van der Waals surface area contributed by atoms with Crippen molar-refractivity contribution in [2.24, 2.45) is 10.2 Å². The van der Waals surface area contributed by atoms with Gasteiger partial charge in [-0.3, -0.25) is 0 Å². The van der Waals surface area contributed by atoms with Gasteiger partial charge < -0.3 is 4.74 Å². The van der Waals surface area contributed by atoms with Crippen LogP contribution in [0.15, 0.2) is 45.3 Å². The van der Waals surface area contributed by atoms with Crippen molar-refractivity contribution >= 4 is 5.97 Å². The summed E-state index contributed by atoms with van der Waals surface area (Å²) in [4.78, 5) is 11.4. The summed E-state index contributed by atoms with van der Waals surface area (Å²) in [6, 6.07) is 0. The van der Waals surface area contributed by atoms with Crippen LogP contribution in [0.1, 0.15) is 20.8 Å². The highest BCUT2D eigenvalue weighted by molar-refractivity contribution is 5.89. The van der Waals surface area contributed by atoms with Gasteiger partial charge in [-0.1, -0.05) is 23.8 Å². The molecular formula is C12H18N2O2. The Hall–Kier alpha value is -1.71. The van der Waals surface area contributed by atoms with Gasteiger partial charge in [-0.15, -0.1) is 5.11 Å². The van der Waals surface area contributed by atoms with Crippen LogP contribution in [0.4, 0.5) is 0 Å². The Morgan fingerprint density at radius 3 is 2.38 bits per heavy atom. The zero-order valence-corrected chi connectivity index (χ0v) is 10.4. The molecule has 0 radical (unpaired) electrons. The topological polar surface area (TPSA) is 51.0 Å². The maximum absolute atomic E-state index is 11.4. The molecule has 88 valence electrons. The second-order valence-corrected chi connectivity index (χ2v) is 3.21. The average Bonchev–Trinajstić information content (AvgIpc) is 2.24. The Morgan fingerprint density at radius 1 is 1.31 bits per heavy atom. The molecule has 0 amide bonds. The van der Waals surface area contributed by atoms with Gasteiger partial charge in [0.15, 0.2) is 5.70 Å². The van der Waals surface area contributed by atoms with Crippen molar-refractivity contribution in [3.8, 4) is 0 Å². The molecule has 0 spiro atoms. The van der Waals surface area contributed by atoms with Gasteiger partial charge in [0.05, 0.1) is 7.11 Å². The molecule has 0 fully saturated rings. The molecule has 0 aliphatic heterocycles. The van der Waals surface area contributed by atoms with E-state index in [0.717, 1.165) is 11.1 Å². The van der Waals surface area contributed by atoms with Crippen molar-refractivity contribution in [1.29, 1.82) is 0 Å². The summed E-state index contributed by atoms with van der Waals surface area (Å²) in [6.45, 7) is 5.68. The van der Waals surface area contributed by atoms with Crippen LogP contribution in [0, 0.1) is 0 Å². The first-order valence-corrected chi connectivity index (χ1v) is 4.96. The van der Waals surface area contributed by atoms with Crippen LogP contribution in [0.3, 0.4) is 0 Å². The van der Waals surface area contributed by atoms with Crippen LogP contribution in [0.2, 0.25) is 0 Å². The predicted octanol–water partition coefficient (Wildman–Crippen LogP) is 3.04. The molecular weight excluding hydrogens is 204 g/mol. The number of hydrogen-bond acceptors (Lipinski definition) is 4. The third kappa shape index (κ3) is 4.68. The van der Waals surface area contributed by atoms with Gasteiger partial charge in [-0.05, 0) is 26.3 Å². The van der Waals surface area contributed by atoms with E-state index >= 15 is 0 Å². The zero-order chi connectivity index (χ0) is 12.6. The fourth-order valence-corrected chi connectivity index (χ4v) is 1.20. The third-order valence-corrected chi connectivity index (χ3v) is 1.83. The SMILES string of the molecule is C\C=C/C(C)=C\C(C)=C(\N=NC)C(=O)OC. The number of methoxy groups -OCH3 is 1. The molecule has 0 rings (SSSR count). The van der Waals surface area contributed by atoms with Crippen molar-refractivity contribution < 1.29 is 9.53 Å². The van der Waals surface area contributed by atoms with Crippen LogP contribution in [-0.2, 0) is 9.53 Å². The molecule has 16 heavy (non-hydrogen) atoms. The second kappa shape index (κ2) is 7.56. The summed E-state index contributed by atoms with van der Waals surface area (Å²) >= 11 is 0. The van der Waals surface area contributed by atoms with E-state index in [-0.39, 0.29) is 5.70 Å². The lowest BCUT2D eigenvalue weighted by Crippen LogP contribution is -2.04. The third-order valence-electron chi connectivity index (χ3n) is 1.83. The molecule has 0 saturated heterocycles. The van der Waals surface area contributed by atoms with E-state index < -0.39 is 5.97 Å². The Balaban J connectivity index is 5.28. The summed E-state index contributed by atoms with van der Waals surface area (Å²) in [7, 11) is 2.84. The van der Waals surface area contributed by atoms with Crippen LogP contribution in [0.5, 0.6) is 0 Å². The molecule has 4 nitrogen and oxygen atoms in total. The van der Waals surface area contributed by atoms with E-state index in [9.17, 15) is 4.79 Å². The minimum Gasteiger partial charge on any atom is -0.464 e. The number of carbonyl (C=O) groups is 1. The van der Waals surface area contributed by atoms with Crippen LogP contribution in [0.25, 0.3) is 0 Å². The molecule has 0 atom stereocenters. The number of allylic oxidation sites excluding steroid dienone is 5. The number of esters is 1. The smallest absolute Gasteiger partial charge is 0.358 e. The van der Waals surface area contributed by atoms with Gasteiger partial charge in [0.25, 0.3) is 0 Å². The average molecular weight is 222 g/mol. The molecule has 0 N–H and O–H groups in total. The van der Waals surface area contributed by atoms with Crippen molar-refractivity contribution in [1.82, 2.24) is 0 Å². The Bertz CT molecular complexity index is 363. The molecule has 0 saturated carbocycles. The Kier molecular flexibility index (Phi) is 6.76. The number of carbonyl (C=O) groups excluding carboxylic acids is 1. The van der Waals surface area contributed by atoms with Gasteiger partial charge in [-0.2, -0.15) is 5.11 Å². The summed E-state index contributed by atoms with van der Waals surface area (Å²) in [5, 5.41) is 7.37. The minimum atomic E-state index is -0.479. The van der Waals surface area contributed by atoms with Gasteiger partial charge in [0, 0.05) is 7.05 Å². The van der Waals surface area contributed by atoms with E-state index in [1.165, 1.54) is 14.2 Å². The number of rotatable bonds is 4. The standard InChI is InChI=1S/C12H18N2O2/c1-6-7-9(2)8-10(3)11(14-13-4)12(15)16-5/h6-8H,1-5H3/b7-6-,9-8-,11-10+,14-13?.